The molecule has 0 saturated carbocycles. The molecule has 5 rings (SSSR count). The highest BCUT2D eigenvalue weighted by atomic mass is 35.5. The summed E-state index contributed by atoms with van der Waals surface area (Å²) >= 11 is 6.22. The molecule has 186 valence electrons. The third-order valence-corrected chi connectivity index (χ3v) is 8.25. The van der Waals surface area contributed by atoms with Crippen LogP contribution in [0.1, 0.15) is 44.5 Å². The van der Waals surface area contributed by atoms with E-state index < -0.39 is 15.3 Å². The maximum absolute atomic E-state index is 14.1. The Balaban J connectivity index is 1.54. The van der Waals surface area contributed by atoms with E-state index in [0.29, 0.717) is 42.2 Å². The molecule has 2 unspecified atom stereocenters. The Hall–Kier alpha value is -2.49. The largest absolute Gasteiger partial charge is 0.375 e. The Morgan fingerprint density at radius 1 is 1.20 bits per heavy atom. The number of carbonyl (C=O) groups is 1. The van der Waals surface area contributed by atoms with Crippen molar-refractivity contribution in [1.82, 2.24) is 14.5 Å². The van der Waals surface area contributed by atoms with Crippen LogP contribution in [0.15, 0.2) is 36.7 Å². The number of hydrogen-bond donors (Lipinski definition) is 0. The first-order chi connectivity index (χ1) is 16.6. The van der Waals surface area contributed by atoms with Gasteiger partial charge in [-0.05, 0) is 62.9 Å². The second-order valence-corrected chi connectivity index (χ2v) is 12.5. The van der Waals surface area contributed by atoms with Crippen LogP contribution in [0.25, 0.3) is 11.0 Å². The van der Waals surface area contributed by atoms with Crippen LogP contribution >= 0.6 is 11.6 Å². The third-order valence-electron chi connectivity index (χ3n) is 6.98. The highest BCUT2D eigenvalue weighted by Gasteiger charge is 2.54. The molecular formula is C25H29ClN4O4S. The van der Waals surface area contributed by atoms with E-state index in [9.17, 15) is 13.2 Å². The number of fused-ring (bicyclic) bond motifs is 3. The zero-order chi connectivity index (χ0) is 25.0. The molecule has 0 N–H and O–H groups in total. The van der Waals surface area contributed by atoms with Crippen LogP contribution in [-0.4, -0.2) is 53.1 Å². The number of anilines is 1. The number of nitrogens with zero attached hydrogens (tertiary/aromatic N) is 4. The number of pyridine rings is 1. The molecule has 4 heterocycles. The number of benzene rings is 1. The van der Waals surface area contributed by atoms with Crippen LogP contribution in [0.3, 0.4) is 0 Å². The number of sulfone groups is 1. The number of halogens is 1. The van der Waals surface area contributed by atoms with Crippen LogP contribution in [0.2, 0.25) is 5.02 Å². The van der Waals surface area contributed by atoms with Crippen LogP contribution in [0, 0.1) is 0 Å². The molecular weight excluding hydrogens is 488 g/mol. The lowest BCUT2D eigenvalue weighted by Gasteiger charge is -2.39. The van der Waals surface area contributed by atoms with Crippen molar-refractivity contribution >= 4 is 44.1 Å². The van der Waals surface area contributed by atoms with E-state index in [1.807, 2.05) is 30.5 Å². The fraction of sp³-hybridized carbons (Fsp3) is 0.480. The van der Waals surface area contributed by atoms with Gasteiger partial charge in [0.1, 0.15) is 15.7 Å². The minimum Gasteiger partial charge on any atom is -0.375 e. The van der Waals surface area contributed by atoms with E-state index in [0.717, 1.165) is 16.8 Å². The molecule has 2 aromatic heterocycles. The summed E-state index contributed by atoms with van der Waals surface area (Å²) in [5, 5.41) is 0.570. The lowest BCUT2D eigenvalue weighted by atomic mass is 9.72. The molecule has 8 nitrogen and oxygen atoms in total. The molecule has 0 radical (unpaired) electrons. The normalized spacial score (nSPS) is 24.5. The molecule has 0 aliphatic carbocycles. The maximum atomic E-state index is 14.1. The van der Waals surface area contributed by atoms with Crippen molar-refractivity contribution in [3.63, 3.8) is 0 Å². The summed E-state index contributed by atoms with van der Waals surface area (Å²) in [6, 6.07) is 7.42. The first-order valence-electron chi connectivity index (χ1n) is 11.8. The molecule has 35 heavy (non-hydrogen) atoms. The van der Waals surface area contributed by atoms with Crippen molar-refractivity contribution in [1.29, 1.82) is 0 Å². The molecule has 0 bridgehead atoms. The van der Waals surface area contributed by atoms with E-state index in [1.165, 1.54) is 6.26 Å². The van der Waals surface area contributed by atoms with Gasteiger partial charge in [0.2, 0.25) is 5.91 Å². The Bertz CT molecular complexity index is 1390. The highest BCUT2D eigenvalue weighted by molar-refractivity contribution is 7.90. The maximum Gasteiger partial charge on any atom is 0.238 e. The number of amides is 1. The first kappa shape index (κ1) is 24.2. The Kier molecular flexibility index (Phi) is 6.14. The second-order valence-electron chi connectivity index (χ2n) is 9.83. The van der Waals surface area contributed by atoms with Gasteiger partial charge in [-0.2, -0.15) is 0 Å². The summed E-state index contributed by atoms with van der Waals surface area (Å²) in [5.41, 5.74) is 2.71. The van der Waals surface area contributed by atoms with Crippen molar-refractivity contribution in [3.05, 3.63) is 53.1 Å². The van der Waals surface area contributed by atoms with Crippen molar-refractivity contribution in [2.45, 2.75) is 63.8 Å². The number of hydrogen-bond acceptors (Lipinski definition) is 6. The number of aryl methyl sites for hydroxylation is 1. The van der Waals surface area contributed by atoms with E-state index >= 15 is 0 Å². The van der Waals surface area contributed by atoms with Gasteiger partial charge in [0.25, 0.3) is 0 Å². The van der Waals surface area contributed by atoms with Crippen LogP contribution in [0.5, 0.6) is 0 Å². The van der Waals surface area contributed by atoms with Gasteiger partial charge in [-0.1, -0.05) is 11.6 Å². The summed E-state index contributed by atoms with van der Waals surface area (Å²) in [6.07, 6.45) is 6.33. The van der Waals surface area contributed by atoms with E-state index in [1.54, 1.807) is 29.4 Å². The zero-order valence-electron chi connectivity index (χ0n) is 20.1. The first-order valence-corrected chi connectivity index (χ1v) is 14.3. The van der Waals surface area contributed by atoms with Crippen molar-refractivity contribution in [2.24, 2.45) is 0 Å². The standard InChI is InChI=1S/C25H29ClN4O4S/c1-16-12-25(13-17(2)34-16)19-7-8-27-14-22(19)30(24(25)31)15-23-28-20-11-18(26)5-6-21(20)29(23)9-4-10-35(3,32)33/h5-8,11,14,16-17H,4,9-10,12-13,15H2,1-3H3. The topological polar surface area (TPSA) is 94.4 Å². The number of ether oxygens (including phenoxy) is 1. The number of rotatable bonds is 6. The predicted octanol–water partition coefficient (Wildman–Crippen LogP) is 3.89. The number of carbonyl (C=O) groups excluding carboxylic acids is 1. The summed E-state index contributed by atoms with van der Waals surface area (Å²) in [6.45, 7) is 4.75. The molecule has 2 aliphatic heterocycles. The number of imidazole rings is 1. The second kappa shape index (κ2) is 8.87. The average molecular weight is 517 g/mol. The number of aromatic nitrogens is 3. The summed E-state index contributed by atoms with van der Waals surface area (Å²) in [7, 11) is -3.09. The minimum atomic E-state index is -3.09. The molecule has 1 aromatic carbocycles. The van der Waals surface area contributed by atoms with Gasteiger partial charge >= 0.3 is 0 Å². The summed E-state index contributed by atoms with van der Waals surface area (Å²) in [5.74, 6) is 0.799. The van der Waals surface area contributed by atoms with Gasteiger partial charge in [0, 0.05) is 24.0 Å². The van der Waals surface area contributed by atoms with Crippen LogP contribution in [0.4, 0.5) is 5.69 Å². The van der Waals surface area contributed by atoms with Gasteiger partial charge in [-0.25, -0.2) is 13.4 Å². The van der Waals surface area contributed by atoms with E-state index in [-0.39, 0.29) is 30.4 Å². The van der Waals surface area contributed by atoms with Crippen LogP contribution in [-0.2, 0) is 37.9 Å². The van der Waals surface area contributed by atoms with Crippen molar-refractivity contribution in [2.75, 3.05) is 16.9 Å². The highest BCUT2D eigenvalue weighted by Crippen LogP contribution is 2.50. The SMILES string of the molecule is CC1CC2(CC(C)O1)C(=O)N(Cc1nc3cc(Cl)ccc3n1CCCS(C)(=O)=O)c1cnccc12. The molecule has 1 amide bonds. The van der Waals surface area contributed by atoms with Gasteiger partial charge in [0.15, 0.2) is 0 Å². The zero-order valence-corrected chi connectivity index (χ0v) is 21.6. The van der Waals surface area contributed by atoms with Gasteiger partial charge in [0.05, 0.1) is 52.8 Å². The fourth-order valence-electron chi connectivity index (χ4n) is 5.75. The molecule has 2 aliphatic rings. The monoisotopic (exact) mass is 516 g/mol. The molecule has 1 fully saturated rings. The average Bonchev–Trinajstić information content (AvgIpc) is 3.21. The predicted molar refractivity (Wildman–Crippen MR) is 135 cm³/mol. The van der Waals surface area contributed by atoms with Crippen molar-refractivity contribution < 1.29 is 17.9 Å². The molecule has 1 saturated heterocycles. The Labute approximate surface area is 210 Å². The van der Waals surface area contributed by atoms with E-state index in [4.69, 9.17) is 21.3 Å². The molecule has 1 spiro atoms. The molecule has 2 atom stereocenters. The smallest absolute Gasteiger partial charge is 0.238 e. The summed E-state index contributed by atoms with van der Waals surface area (Å²) < 4.78 is 31.4. The minimum absolute atomic E-state index is 0.0358. The Morgan fingerprint density at radius 3 is 2.66 bits per heavy atom. The quantitative estimate of drug-likeness (QED) is 0.493. The van der Waals surface area contributed by atoms with Gasteiger partial charge in [-0.3, -0.25) is 9.78 Å². The van der Waals surface area contributed by atoms with Gasteiger partial charge < -0.3 is 14.2 Å². The molecule has 3 aromatic rings. The molecule has 10 heteroatoms. The van der Waals surface area contributed by atoms with Crippen molar-refractivity contribution in [3.8, 4) is 0 Å². The Morgan fingerprint density at radius 2 is 1.94 bits per heavy atom. The van der Waals surface area contributed by atoms with E-state index in [2.05, 4.69) is 4.98 Å². The van der Waals surface area contributed by atoms with Crippen LogP contribution < -0.4 is 4.90 Å². The lowest BCUT2D eigenvalue weighted by Crippen LogP contribution is -2.48. The lowest BCUT2D eigenvalue weighted by molar-refractivity contribution is -0.133. The summed E-state index contributed by atoms with van der Waals surface area (Å²) in [4.78, 5) is 25.0. The third kappa shape index (κ3) is 4.45. The fourth-order valence-corrected chi connectivity index (χ4v) is 6.57. The van der Waals surface area contributed by atoms with Gasteiger partial charge in [-0.15, -0.1) is 0 Å².